The maximum Gasteiger partial charge on any atom is 0.310 e. The van der Waals surface area contributed by atoms with Crippen molar-refractivity contribution in [3.05, 3.63) is 17.6 Å². The van der Waals surface area contributed by atoms with Crippen LogP contribution in [0.2, 0.25) is 0 Å². The van der Waals surface area contributed by atoms with Crippen molar-refractivity contribution in [3.8, 4) is 0 Å². The van der Waals surface area contributed by atoms with E-state index >= 15 is 0 Å². The van der Waals surface area contributed by atoms with E-state index in [0.29, 0.717) is 19.0 Å². The zero-order valence-corrected chi connectivity index (χ0v) is 12.6. The number of aliphatic carboxylic acids is 1. The molecule has 6 heteroatoms. The third kappa shape index (κ3) is 3.00. The number of hydrogen-bond donors (Lipinski definition) is 1. The summed E-state index contributed by atoms with van der Waals surface area (Å²) in [5.41, 5.74) is 0.960. The molecule has 3 rings (SSSR count). The molecule has 0 aromatic carbocycles. The Bertz CT molecular complexity index is 542. The number of piperidine rings is 1. The van der Waals surface area contributed by atoms with Crippen LogP contribution < -0.4 is 4.90 Å². The van der Waals surface area contributed by atoms with E-state index in [1.165, 1.54) is 6.42 Å². The van der Waals surface area contributed by atoms with Gasteiger partial charge in [-0.05, 0) is 33.4 Å². The number of likely N-dealkylation sites (N-methyl/N-ethyl adjacent to an activating group) is 1. The summed E-state index contributed by atoms with van der Waals surface area (Å²) in [5, 5.41) is 8.98. The molecule has 0 unspecified atom stereocenters. The van der Waals surface area contributed by atoms with Gasteiger partial charge in [0.05, 0.1) is 5.92 Å². The van der Waals surface area contributed by atoms with E-state index < -0.39 is 5.97 Å². The molecule has 114 valence electrons. The van der Waals surface area contributed by atoms with E-state index in [1.54, 1.807) is 0 Å². The smallest absolute Gasteiger partial charge is 0.310 e. The van der Waals surface area contributed by atoms with Gasteiger partial charge in [-0.3, -0.25) is 4.79 Å². The molecule has 0 radical (unpaired) electrons. The molecule has 0 amide bonds. The second kappa shape index (κ2) is 5.60. The molecule has 1 aromatic rings. The maximum absolute atomic E-state index is 10.9. The molecule has 1 N–H and O–H groups in total. The second-order valence-electron chi connectivity index (χ2n) is 6.27. The number of aryl methyl sites for hydroxylation is 1. The van der Waals surface area contributed by atoms with Gasteiger partial charge in [0, 0.05) is 37.3 Å². The van der Waals surface area contributed by atoms with Crippen LogP contribution in [0.3, 0.4) is 0 Å². The number of rotatable bonds is 3. The van der Waals surface area contributed by atoms with Crippen molar-refractivity contribution in [1.29, 1.82) is 0 Å². The van der Waals surface area contributed by atoms with E-state index in [4.69, 9.17) is 10.1 Å². The highest BCUT2D eigenvalue weighted by Crippen LogP contribution is 2.28. The number of aromatic nitrogens is 2. The lowest BCUT2D eigenvalue weighted by molar-refractivity contribution is -0.142. The Morgan fingerprint density at radius 2 is 2.10 bits per heavy atom. The predicted molar refractivity (Wildman–Crippen MR) is 79.6 cm³/mol. The van der Waals surface area contributed by atoms with Crippen LogP contribution in [-0.4, -0.2) is 59.2 Å². The minimum Gasteiger partial charge on any atom is -0.481 e. The fourth-order valence-corrected chi connectivity index (χ4v) is 3.12. The predicted octanol–water partition coefficient (Wildman–Crippen LogP) is 1.12. The van der Waals surface area contributed by atoms with Crippen LogP contribution in [0.1, 0.15) is 30.3 Å². The number of carboxylic acid groups (broad SMARTS) is 1. The molecule has 2 aliphatic heterocycles. The Morgan fingerprint density at radius 1 is 1.33 bits per heavy atom. The van der Waals surface area contributed by atoms with Crippen molar-refractivity contribution >= 4 is 11.8 Å². The number of carbonyl (C=O) groups is 1. The molecule has 1 aromatic heterocycles. The first-order chi connectivity index (χ1) is 10.0. The van der Waals surface area contributed by atoms with E-state index in [2.05, 4.69) is 16.9 Å². The van der Waals surface area contributed by atoms with Gasteiger partial charge in [0.1, 0.15) is 11.6 Å². The molecule has 3 heterocycles. The fraction of sp³-hybridized carbons (Fsp3) is 0.667. The van der Waals surface area contributed by atoms with Gasteiger partial charge in [-0.15, -0.1) is 0 Å². The highest BCUT2D eigenvalue weighted by molar-refractivity contribution is 5.74. The molecular formula is C15H22N4O2. The van der Waals surface area contributed by atoms with Crippen molar-refractivity contribution in [2.45, 2.75) is 25.7 Å². The lowest BCUT2D eigenvalue weighted by atomic mass is 9.97. The van der Waals surface area contributed by atoms with Gasteiger partial charge in [-0.25, -0.2) is 9.97 Å². The molecule has 6 nitrogen and oxygen atoms in total. The summed E-state index contributed by atoms with van der Waals surface area (Å²) in [6, 6.07) is 1.95. The third-order valence-electron chi connectivity index (χ3n) is 4.40. The van der Waals surface area contributed by atoms with Crippen LogP contribution in [0.4, 0.5) is 5.82 Å². The summed E-state index contributed by atoms with van der Waals surface area (Å²) in [4.78, 5) is 24.6. The minimum absolute atomic E-state index is 0.260. The van der Waals surface area contributed by atoms with E-state index in [-0.39, 0.29) is 5.92 Å². The van der Waals surface area contributed by atoms with Crippen molar-refractivity contribution in [3.63, 3.8) is 0 Å². The molecule has 1 atom stereocenters. The minimum atomic E-state index is -0.717. The topological polar surface area (TPSA) is 69.6 Å². The molecule has 0 aliphatic carbocycles. The van der Waals surface area contributed by atoms with Gasteiger partial charge in [0.25, 0.3) is 0 Å². The summed E-state index contributed by atoms with van der Waals surface area (Å²) in [5.74, 6) is 1.20. The lowest BCUT2D eigenvalue weighted by Gasteiger charge is -2.38. The van der Waals surface area contributed by atoms with Gasteiger partial charge in [-0.2, -0.15) is 0 Å². The normalized spacial score (nSPS) is 23.9. The quantitative estimate of drug-likeness (QED) is 0.899. The maximum atomic E-state index is 10.9. The molecule has 2 saturated heterocycles. The van der Waals surface area contributed by atoms with Crippen LogP contribution in [0.5, 0.6) is 0 Å². The molecule has 21 heavy (non-hydrogen) atoms. The summed E-state index contributed by atoms with van der Waals surface area (Å²) in [7, 11) is 2.13. The Morgan fingerprint density at radius 3 is 2.76 bits per heavy atom. The average molecular weight is 290 g/mol. The second-order valence-corrected chi connectivity index (χ2v) is 6.27. The van der Waals surface area contributed by atoms with Crippen LogP contribution >= 0.6 is 0 Å². The first-order valence-electron chi connectivity index (χ1n) is 7.55. The molecule has 2 fully saturated rings. The first kappa shape index (κ1) is 14.3. The lowest BCUT2D eigenvalue weighted by Crippen LogP contribution is -2.51. The van der Waals surface area contributed by atoms with Crippen molar-refractivity contribution in [1.82, 2.24) is 14.9 Å². The van der Waals surface area contributed by atoms with Crippen molar-refractivity contribution < 1.29 is 9.90 Å². The molecular weight excluding hydrogens is 268 g/mol. The molecule has 0 spiro atoms. The van der Waals surface area contributed by atoms with Crippen molar-refractivity contribution in [2.75, 3.05) is 38.1 Å². The number of anilines is 1. The Hall–Kier alpha value is -1.69. The molecule has 0 bridgehead atoms. The first-order valence-corrected chi connectivity index (χ1v) is 7.55. The largest absolute Gasteiger partial charge is 0.481 e. The zero-order chi connectivity index (χ0) is 15.0. The highest BCUT2D eigenvalue weighted by Gasteiger charge is 2.34. The standard InChI is InChI=1S/C15H22N4O2/c1-10-6-13(19-8-12(9-19)15(20)21)17-14(16-10)11-4-3-5-18(2)7-11/h6,11-12H,3-5,7-9H2,1-2H3,(H,20,21)/t11-/m1/s1. The van der Waals surface area contributed by atoms with Crippen molar-refractivity contribution in [2.24, 2.45) is 5.92 Å². The number of nitrogens with zero attached hydrogens (tertiary/aromatic N) is 4. The van der Waals surface area contributed by atoms with Gasteiger partial charge < -0.3 is 14.9 Å². The molecule has 0 saturated carbocycles. The van der Waals surface area contributed by atoms with Gasteiger partial charge in [-0.1, -0.05) is 0 Å². The van der Waals surface area contributed by atoms with Crippen LogP contribution in [0.25, 0.3) is 0 Å². The van der Waals surface area contributed by atoms with Gasteiger partial charge in [0.2, 0.25) is 0 Å². The summed E-state index contributed by atoms with van der Waals surface area (Å²) in [6.45, 7) is 5.23. The van der Waals surface area contributed by atoms with Crippen LogP contribution in [0, 0.1) is 12.8 Å². The van der Waals surface area contributed by atoms with E-state index in [9.17, 15) is 4.79 Å². The summed E-state index contributed by atoms with van der Waals surface area (Å²) >= 11 is 0. The number of likely N-dealkylation sites (tertiary alicyclic amines) is 1. The fourth-order valence-electron chi connectivity index (χ4n) is 3.12. The highest BCUT2D eigenvalue weighted by atomic mass is 16.4. The third-order valence-corrected chi connectivity index (χ3v) is 4.40. The van der Waals surface area contributed by atoms with Crippen LogP contribution in [-0.2, 0) is 4.79 Å². The Kier molecular flexibility index (Phi) is 3.80. The van der Waals surface area contributed by atoms with Crippen LogP contribution in [0.15, 0.2) is 6.07 Å². The Balaban J connectivity index is 1.76. The van der Waals surface area contributed by atoms with Gasteiger partial charge >= 0.3 is 5.97 Å². The summed E-state index contributed by atoms with van der Waals surface area (Å²) < 4.78 is 0. The average Bonchev–Trinajstić information content (AvgIpc) is 2.35. The zero-order valence-electron chi connectivity index (χ0n) is 12.6. The monoisotopic (exact) mass is 290 g/mol. The van der Waals surface area contributed by atoms with E-state index in [0.717, 1.165) is 36.8 Å². The SMILES string of the molecule is Cc1cc(N2CC(C(=O)O)C2)nc([C@@H]2CCCN(C)C2)n1. The number of carboxylic acids is 1. The molecule has 2 aliphatic rings. The van der Waals surface area contributed by atoms with Gasteiger partial charge in [0.15, 0.2) is 0 Å². The number of hydrogen-bond acceptors (Lipinski definition) is 5. The summed E-state index contributed by atoms with van der Waals surface area (Å²) in [6.07, 6.45) is 2.31. The van der Waals surface area contributed by atoms with E-state index in [1.807, 2.05) is 17.9 Å². The Labute approximate surface area is 124 Å².